The largest absolute Gasteiger partial charge is 0.573 e. The number of benzene rings is 1. The average Bonchev–Trinajstić information content (AvgIpc) is 3.04. The second-order valence-corrected chi connectivity index (χ2v) is 10.1. The number of ether oxygens (including phenoxy) is 1. The summed E-state index contributed by atoms with van der Waals surface area (Å²) in [6, 6.07) is 6.54. The van der Waals surface area contributed by atoms with E-state index in [-0.39, 0.29) is 34.7 Å². The number of carbonyl (C=O) groups is 1. The van der Waals surface area contributed by atoms with Gasteiger partial charge in [-0.25, -0.2) is 8.42 Å². The van der Waals surface area contributed by atoms with Crippen LogP contribution < -0.4 is 9.64 Å². The molecule has 2 aliphatic heterocycles. The van der Waals surface area contributed by atoms with Gasteiger partial charge in [-0.15, -0.1) is 13.2 Å². The van der Waals surface area contributed by atoms with Crippen molar-refractivity contribution in [3.05, 3.63) is 47.7 Å². The van der Waals surface area contributed by atoms with Crippen LogP contribution in [0.3, 0.4) is 0 Å². The summed E-state index contributed by atoms with van der Waals surface area (Å²) < 4.78 is 68.1. The summed E-state index contributed by atoms with van der Waals surface area (Å²) in [5.41, 5.74) is -0.232. The van der Waals surface area contributed by atoms with Crippen LogP contribution in [-0.2, 0) is 14.8 Å². The first-order chi connectivity index (χ1) is 15.0. The highest BCUT2D eigenvalue weighted by atomic mass is 35.5. The molecule has 2 aromatic rings. The van der Waals surface area contributed by atoms with Crippen LogP contribution in [0.2, 0.25) is 5.02 Å². The highest BCUT2D eigenvalue weighted by Crippen LogP contribution is 2.44. The van der Waals surface area contributed by atoms with E-state index in [2.05, 4.69) is 9.72 Å². The van der Waals surface area contributed by atoms with Crippen molar-refractivity contribution in [1.29, 1.82) is 0 Å². The highest BCUT2D eigenvalue weighted by molar-refractivity contribution is 7.89. The van der Waals surface area contributed by atoms with Gasteiger partial charge in [-0.1, -0.05) is 11.6 Å². The Balaban J connectivity index is 1.45. The third-order valence-electron chi connectivity index (χ3n) is 5.93. The molecule has 2 saturated heterocycles. The fourth-order valence-corrected chi connectivity index (χ4v) is 6.05. The molecule has 0 N–H and O–H groups in total. The van der Waals surface area contributed by atoms with Crippen LogP contribution >= 0.6 is 11.6 Å². The number of aromatic nitrogens is 1. The number of anilines is 1. The molecule has 12 heteroatoms. The van der Waals surface area contributed by atoms with E-state index in [1.807, 2.05) is 0 Å². The van der Waals surface area contributed by atoms with Gasteiger partial charge in [-0.05, 0) is 49.6 Å². The van der Waals surface area contributed by atoms with Crippen LogP contribution in [0.5, 0.6) is 5.75 Å². The molecular formula is C20H19ClF3N3O4S. The number of piperidine rings is 1. The third kappa shape index (κ3) is 4.28. The predicted molar refractivity (Wildman–Crippen MR) is 110 cm³/mol. The van der Waals surface area contributed by atoms with Gasteiger partial charge >= 0.3 is 6.36 Å². The Bertz CT molecular complexity index is 1120. The smallest absolute Gasteiger partial charge is 0.406 e. The lowest BCUT2D eigenvalue weighted by molar-refractivity contribution is -0.274. The van der Waals surface area contributed by atoms with Gasteiger partial charge in [-0.2, -0.15) is 4.31 Å². The second-order valence-electron chi connectivity index (χ2n) is 7.74. The monoisotopic (exact) mass is 489 g/mol. The summed E-state index contributed by atoms with van der Waals surface area (Å²) in [4.78, 5) is 18.5. The van der Waals surface area contributed by atoms with Gasteiger partial charge in [0.1, 0.15) is 10.6 Å². The molecule has 1 amide bonds. The van der Waals surface area contributed by atoms with Crippen molar-refractivity contribution in [2.75, 3.05) is 24.5 Å². The first-order valence-corrected chi connectivity index (χ1v) is 11.6. The Morgan fingerprint density at radius 1 is 1.03 bits per heavy atom. The minimum absolute atomic E-state index is 0.0712. The number of pyridine rings is 1. The molecule has 0 saturated carbocycles. The molecule has 2 aliphatic rings. The minimum Gasteiger partial charge on any atom is -0.406 e. The molecule has 1 aromatic heterocycles. The number of hydrogen-bond acceptors (Lipinski definition) is 5. The number of nitrogens with zero attached hydrogens (tertiary/aromatic N) is 3. The van der Waals surface area contributed by atoms with Gasteiger partial charge in [0.2, 0.25) is 15.9 Å². The number of alkyl halides is 3. The van der Waals surface area contributed by atoms with Gasteiger partial charge in [0.05, 0.1) is 10.4 Å². The Labute approximate surface area is 187 Å². The number of carbonyl (C=O) groups excluding carboxylic acids is 1. The lowest BCUT2D eigenvalue weighted by Crippen LogP contribution is -2.46. The van der Waals surface area contributed by atoms with Crippen LogP contribution in [0, 0.1) is 5.41 Å². The average molecular weight is 490 g/mol. The Kier molecular flexibility index (Phi) is 5.84. The first kappa shape index (κ1) is 22.8. The maximum absolute atomic E-state index is 13.2. The molecule has 0 aliphatic carbocycles. The fourth-order valence-electron chi connectivity index (χ4n) is 4.21. The van der Waals surface area contributed by atoms with E-state index in [0.29, 0.717) is 31.5 Å². The molecular weight excluding hydrogens is 471 g/mol. The first-order valence-electron chi connectivity index (χ1n) is 9.79. The third-order valence-corrected chi connectivity index (χ3v) is 8.29. The molecule has 2 fully saturated rings. The van der Waals surface area contributed by atoms with Crippen molar-refractivity contribution in [3.8, 4) is 5.75 Å². The van der Waals surface area contributed by atoms with Gasteiger partial charge in [0.25, 0.3) is 0 Å². The maximum atomic E-state index is 13.2. The highest BCUT2D eigenvalue weighted by Gasteiger charge is 2.50. The quantitative estimate of drug-likeness (QED) is 0.652. The summed E-state index contributed by atoms with van der Waals surface area (Å²) in [6.07, 6.45) is -0.961. The van der Waals surface area contributed by atoms with Crippen molar-refractivity contribution in [2.45, 2.75) is 30.5 Å². The summed E-state index contributed by atoms with van der Waals surface area (Å²) in [5.74, 6) is -0.520. The van der Waals surface area contributed by atoms with E-state index in [1.54, 1.807) is 0 Å². The molecule has 0 radical (unpaired) electrons. The zero-order chi connectivity index (χ0) is 23.1. The molecule has 0 atom stereocenters. The number of hydrogen-bond donors (Lipinski definition) is 0. The van der Waals surface area contributed by atoms with Gasteiger partial charge < -0.3 is 9.64 Å². The molecule has 4 rings (SSSR count). The standard InChI is InChI=1S/C20H19ClF3N3O4S/c21-16-5-9-25-13-17(16)32(29,30)26-10-6-19(7-11-26)8-12-27(18(19)28)14-1-3-15(4-2-14)31-20(22,23)24/h1-5,9,13H,6-8,10-12H2. The molecule has 1 spiro atoms. The second kappa shape index (κ2) is 8.20. The van der Waals surface area contributed by atoms with Crippen molar-refractivity contribution in [2.24, 2.45) is 5.41 Å². The lowest BCUT2D eigenvalue weighted by atomic mass is 9.77. The van der Waals surface area contributed by atoms with E-state index in [9.17, 15) is 26.4 Å². The number of amides is 1. The molecule has 0 unspecified atom stereocenters. The molecule has 0 bridgehead atoms. The maximum Gasteiger partial charge on any atom is 0.573 e. The lowest BCUT2D eigenvalue weighted by Gasteiger charge is -2.37. The van der Waals surface area contributed by atoms with Crippen LogP contribution in [0.25, 0.3) is 0 Å². The van der Waals surface area contributed by atoms with Gasteiger partial charge in [0.15, 0.2) is 0 Å². The Morgan fingerprint density at radius 3 is 2.25 bits per heavy atom. The van der Waals surface area contributed by atoms with Crippen LogP contribution in [0.4, 0.5) is 18.9 Å². The van der Waals surface area contributed by atoms with Gasteiger partial charge in [0, 0.05) is 37.7 Å². The summed E-state index contributed by atoms with van der Waals surface area (Å²) in [5, 5.41) is 0.0846. The number of halogens is 4. The van der Waals surface area contributed by atoms with Crippen molar-refractivity contribution in [1.82, 2.24) is 9.29 Å². The van der Waals surface area contributed by atoms with Crippen LogP contribution in [0.1, 0.15) is 19.3 Å². The Morgan fingerprint density at radius 2 is 1.66 bits per heavy atom. The van der Waals surface area contributed by atoms with Crippen molar-refractivity contribution >= 4 is 33.2 Å². The zero-order valence-corrected chi connectivity index (χ0v) is 18.3. The van der Waals surface area contributed by atoms with Crippen LogP contribution in [0.15, 0.2) is 47.6 Å². The Hall–Kier alpha value is -2.37. The molecule has 1 aromatic carbocycles. The zero-order valence-electron chi connectivity index (χ0n) is 16.7. The van der Waals surface area contributed by atoms with Crippen LogP contribution in [-0.4, -0.2) is 49.6 Å². The molecule has 32 heavy (non-hydrogen) atoms. The molecule has 172 valence electrons. The predicted octanol–water partition coefficient (Wildman–Crippen LogP) is 3.84. The van der Waals surface area contributed by atoms with E-state index in [0.717, 1.165) is 12.1 Å². The molecule has 7 nitrogen and oxygen atoms in total. The minimum atomic E-state index is -4.79. The van der Waals surface area contributed by atoms with E-state index in [4.69, 9.17) is 11.6 Å². The van der Waals surface area contributed by atoms with Crippen molar-refractivity contribution < 1.29 is 31.1 Å². The van der Waals surface area contributed by atoms with Gasteiger partial charge in [-0.3, -0.25) is 9.78 Å². The summed E-state index contributed by atoms with van der Waals surface area (Å²) in [6.45, 7) is 0.719. The SMILES string of the molecule is O=C1N(c2ccc(OC(F)(F)F)cc2)CCC12CCN(S(=O)(=O)c1cnccc1Cl)CC2. The van der Waals surface area contributed by atoms with E-state index >= 15 is 0 Å². The molecule has 3 heterocycles. The van der Waals surface area contributed by atoms with Crippen molar-refractivity contribution in [3.63, 3.8) is 0 Å². The van der Waals surface area contributed by atoms with E-state index in [1.165, 1.54) is 39.8 Å². The topological polar surface area (TPSA) is 79.8 Å². The van der Waals surface area contributed by atoms with E-state index < -0.39 is 21.8 Å². The normalized spacial score (nSPS) is 19.5. The number of sulfonamides is 1. The summed E-state index contributed by atoms with van der Waals surface area (Å²) >= 11 is 6.03. The summed E-state index contributed by atoms with van der Waals surface area (Å²) in [7, 11) is -3.83. The fraction of sp³-hybridized carbons (Fsp3) is 0.400. The number of rotatable bonds is 4.